The minimum atomic E-state index is -1.33. The Morgan fingerprint density at radius 1 is 1.25 bits per heavy atom. The highest BCUT2D eigenvalue weighted by Gasteiger charge is 2.44. The summed E-state index contributed by atoms with van der Waals surface area (Å²) < 4.78 is 13.6. The largest absolute Gasteiger partial charge is 0.388 e. The summed E-state index contributed by atoms with van der Waals surface area (Å²) in [6.07, 6.45) is -5.54. The van der Waals surface area contributed by atoms with E-state index in [1.165, 1.54) is 7.11 Å². The third-order valence-electron chi connectivity index (χ3n) is 3.32. The number of methoxy groups -OCH3 is 1. The van der Waals surface area contributed by atoms with Crippen LogP contribution in [0.2, 0.25) is 0 Å². The van der Waals surface area contributed by atoms with Gasteiger partial charge >= 0.3 is 0 Å². The zero-order valence-corrected chi connectivity index (χ0v) is 14.1. The number of aliphatic hydroxyl groups excluding tert-OH is 3. The van der Waals surface area contributed by atoms with Crippen molar-refractivity contribution in [2.24, 2.45) is 0 Å². The van der Waals surface area contributed by atoms with E-state index in [2.05, 4.69) is 36.8 Å². The van der Waals surface area contributed by atoms with Crippen LogP contribution in [-0.4, -0.2) is 62.7 Å². The molecule has 5 atom stereocenters. The van der Waals surface area contributed by atoms with Gasteiger partial charge in [-0.05, 0) is 38.8 Å². The molecule has 1 aliphatic heterocycles. The molecule has 114 valence electrons. The molecule has 1 aliphatic rings. The van der Waals surface area contributed by atoms with E-state index in [4.69, 9.17) is 9.47 Å². The normalized spacial score (nSPS) is 34.5. The Hall–Kier alpha value is -0.0300. The maximum Gasteiger partial charge on any atom is 0.186 e. The van der Waals surface area contributed by atoms with E-state index in [9.17, 15) is 15.3 Å². The Balaban J connectivity index is 2.19. The zero-order chi connectivity index (χ0) is 15.0. The van der Waals surface area contributed by atoms with Crippen molar-refractivity contribution in [3.05, 3.63) is 15.0 Å². The Bertz CT molecular complexity index is 482. The quantitative estimate of drug-likeness (QED) is 0.651. The van der Waals surface area contributed by atoms with Crippen LogP contribution in [0.15, 0.2) is 9.21 Å². The molecule has 1 saturated heterocycles. The van der Waals surface area contributed by atoms with Gasteiger partial charge in [0.15, 0.2) is 6.29 Å². The Morgan fingerprint density at radius 2 is 1.90 bits per heavy atom. The molecule has 0 saturated carbocycles. The summed E-state index contributed by atoms with van der Waals surface area (Å²) in [4.78, 5) is 4.23. The van der Waals surface area contributed by atoms with Gasteiger partial charge in [-0.25, -0.2) is 4.98 Å². The molecule has 0 bridgehead atoms. The summed E-state index contributed by atoms with van der Waals surface area (Å²) in [5.41, 5.74) is 0. The molecule has 2 rings (SSSR count). The van der Waals surface area contributed by atoms with Crippen LogP contribution >= 0.6 is 31.9 Å². The molecule has 1 fully saturated rings. The van der Waals surface area contributed by atoms with Gasteiger partial charge in [0.2, 0.25) is 0 Å². The molecule has 1 aromatic rings. The summed E-state index contributed by atoms with van der Waals surface area (Å²) in [5, 5.41) is 29.6. The van der Waals surface area contributed by atoms with Crippen molar-refractivity contribution >= 4 is 31.9 Å². The molecule has 1 aromatic heterocycles. The lowest BCUT2D eigenvalue weighted by Gasteiger charge is -2.40. The molecule has 0 aliphatic carbocycles. The van der Waals surface area contributed by atoms with Crippen LogP contribution in [-0.2, 0) is 16.0 Å². The van der Waals surface area contributed by atoms with Crippen LogP contribution in [0.25, 0.3) is 0 Å². The fourth-order valence-corrected chi connectivity index (χ4v) is 3.12. The Labute approximate surface area is 132 Å². The molecule has 0 aromatic carbocycles. The predicted molar refractivity (Wildman–Crippen MR) is 76.1 cm³/mol. The lowest BCUT2D eigenvalue weighted by molar-refractivity contribution is -0.291. The van der Waals surface area contributed by atoms with Crippen molar-refractivity contribution in [1.29, 1.82) is 0 Å². The van der Waals surface area contributed by atoms with Gasteiger partial charge in [0, 0.05) is 7.11 Å². The molecule has 3 N–H and O–H groups in total. The Morgan fingerprint density at radius 3 is 2.40 bits per heavy atom. The van der Waals surface area contributed by atoms with Crippen molar-refractivity contribution in [3.63, 3.8) is 0 Å². The van der Waals surface area contributed by atoms with E-state index in [1.807, 2.05) is 6.92 Å². The number of imidazole rings is 1. The van der Waals surface area contributed by atoms with E-state index < -0.39 is 30.7 Å². The minimum absolute atomic E-state index is 0.260. The number of hydrogen-bond acceptors (Lipinski definition) is 6. The van der Waals surface area contributed by atoms with Gasteiger partial charge in [0.1, 0.15) is 39.4 Å². The van der Waals surface area contributed by atoms with Crippen molar-refractivity contribution in [3.8, 4) is 0 Å². The number of hydrogen-bond donors (Lipinski definition) is 3. The standard InChI is InChI=1S/C11H16Br2N2O5/c1-4-14-9(12)10(13)15(4)3-5-6(16)7(17)8(18)11(19-2)20-5/h5-8,11,16-18H,3H2,1-2H3. The second-order valence-electron chi connectivity index (χ2n) is 4.60. The van der Waals surface area contributed by atoms with Crippen molar-refractivity contribution < 1.29 is 24.8 Å². The zero-order valence-electron chi connectivity index (χ0n) is 10.9. The second-order valence-corrected chi connectivity index (χ2v) is 6.10. The number of ether oxygens (including phenoxy) is 2. The SMILES string of the molecule is COC1OC(Cn2c(C)nc(Br)c2Br)C(O)C(O)C1O. The molecular formula is C11H16Br2N2O5. The molecule has 0 radical (unpaired) electrons. The number of rotatable bonds is 3. The van der Waals surface area contributed by atoms with Crippen molar-refractivity contribution in [2.75, 3.05) is 7.11 Å². The van der Waals surface area contributed by atoms with Gasteiger partial charge in [0.05, 0.1) is 6.54 Å². The van der Waals surface area contributed by atoms with Crippen LogP contribution < -0.4 is 0 Å². The number of aromatic nitrogens is 2. The first kappa shape index (κ1) is 16.3. The average molecular weight is 416 g/mol. The smallest absolute Gasteiger partial charge is 0.186 e. The van der Waals surface area contributed by atoms with Crippen LogP contribution in [0.5, 0.6) is 0 Å². The molecule has 20 heavy (non-hydrogen) atoms. The van der Waals surface area contributed by atoms with Gasteiger partial charge < -0.3 is 29.4 Å². The number of aliphatic hydroxyl groups is 3. The fraction of sp³-hybridized carbons (Fsp3) is 0.727. The molecule has 0 spiro atoms. The highest BCUT2D eigenvalue weighted by molar-refractivity contribution is 9.13. The summed E-state index contributed by atoms with van der Waals surface area (Å²) in [5.74, 6) is 0.717. The van der Waals surface area contributed by atoms with Gasteiger partial charge in [-0.2, -0.15) is 0 Å². The maximum absolute atomic E-state index is 10.0. The summed E-state index contributed by atoms with van der Waals surface area (Å²) in [6, 6.07) is 0. The van der Waals surface area contributed by atoms with Crippen LogP contribution in [0.3, 0.4) is 0 Å². The predicted octanol–water partition coefficient (Wildman–Crippen LogP) is 0.171. The molecule has 5 unspecified atom stereocenters. The summed E-state index contributed by atoms with van der Waals surface area (Å²) in [7, 11) is 1.37. The lowest BCUT2D eigenvalue weighted by Crippen LogP contribution is -2.58. The second kappa shape index (κ2) is 6.39. The fourth-order valence-electron chi connectivity index (χ4n) is 2.16. The van der Waals surface area contributed by atoms with Crippen LogP contribution in [0, 0.1) is 6.92 Å². The minimum Gasteiger partial charge on any atom is -0.388 e. The van der Waals surface area contributed by atoms with Crippen molar-refractivity contribution in [2.45, 2.75) is 44.2 Å². The number of halogens is 2. The molecule has 2 heterocycles. The molecule has 0 amide bonds. The summed E-state index contributed by atoms with van der Waals surface area (Å²) >= 11 is 6.68. The van der Waals surface area contributed by atoms with E-state index in [1.54, 1.807) is 4.57 Å². The van der Waals surface area contributed by atoms with Gasteiger partial charge in [-0.15, -0.1) is 0 Å². The van der Waals surface area contributed by atoms with Crippen molar-refractivity contribution in [1.82, 2.24) is 9.55 Å². The first-order valence-corrected chi connectivity index (χ1v) is 7.56. The third kappa shape index (κ3) is 2.94. The topological polar surface area (TPSA) is 97.0 Å². The average Bonchev–Trinajstić information content (AvgIpc) is 2.65. The number of nitrogens with zero attached hydrogens (tertiary/aromatic N) is 2. The van der Waals surface area contributed by atoms with Gasteiger partial charge in [-0.1, -0.05) is 0 Å². The third-order valence-corrected chi connectivity index (χ3v) is 5.21. The lowest BCUT2D eigenvalue weighted by atomic mass is 9.99. The van der Waals surface area contributed by atoms with E-state index in [-0.39, 0.29) is 6.54 Å². The number of aryl methyl sites for hydroxylation is 1. The molecule has 9 heteroatoms. The van der Waals surface area contributed by atoms with E-state index in [0.29, 0.717) is 15.0 Å². The highest BCUT2D eigenvalue weighted by atomic mass is 79.9. The van der Waals surface area contributed by atoms with Crippen LogP contribution in [0.4, 0.5) is 0 Å². The molecule has 7 nitrogen and oxygen atoms in total. The van der Waals surface area contributed by atoms with Gasteiger partial charge in [-0.3, -0.25) is 0 Å². The maximum atomic E-state index is 10.0. The Kier molecular flexibility index (Phi) is 5.22. The summed E-state index contributed by atoms with van der Waals surface area (Å²) in [6.45, 7) is 2.07. The first-order valence-electron chi connectivity index (χ1n) is 5.97. The van der Waals surface area contributed by atoms with Gasteiger partial charge in [0.25, 0.3) is 0 Å². The van der Waals surface area contributed by atoms with E-state index in [0.717, 1.165) is 0 Å². The molecular weight excluding hydrogens is 400 g/mol. The highest BCUT2D eigenvalue weighted by Crippen LogP contribution is 2.27. The van der Waals surface area contributed by atoms with E-state index >= 15 is 0 Å². The first-order chi connectivity index (χ1) is 9.36. The van der Waals surface area contributed by atoms with Crippen LogP contribution in [0.1, 0.15) is 5.82 Å². The monoisotopic (exact) mass is 414 g/mol.